The molecule has 0 aliphatic heterocycles. The summed E-state index contributed by atoms with van der Waals surface area (Å²) < 4.78 is 0. The van der Waals surface area contributed by atoms with Gasteiger partial charge in [0.05, 0.1) is 0 Å². The van der Waals surface area contributed by atoms with Crippen molar-refractivity contribution in [2.75, 3.05) is 16.8 Å². The van der Waals surface area contributed by atoms with Crippen molar-refractivity contribution >= 4 is 17.6 Å². The smallest absolute Gasteiger partial charge is 0.223 e. The second-order valence-corrected chi connectivity index (χ2v) is 3.19. The minimum absolute atomic E-state index is 0.207. The lowest BCUT2D eigenvalue weighted by Crippen LogP contribution is -2.18. The van der Waals surface area contributed by atoms with E-state index in [4.69, 9.17) is 11.5 Å². The summed E-state index contributed by atoms with van der Waals surface area (Å²) in [4.78, 5) is 7.84. The van der Waals surface area contributed by atoms with E-state index in [-0.39, 0.29) is 5.95 Å². The fourth-order valence-corrected chi connectivity index (χ4v) is 1.26. The topological polar surface area (TPSA) is 89.8 Å². The van der Waals surface area contributed by atoms with Crippen molar-refractivity contribution in [1.29, 1.82) is 0 Å². The highest BCUT2D eigenvalue weighted by Gasteiger charge is 2.05. The molecule has 0 aliphatic rings. The van der Waals surface area contributed by atoms with Gasteiger partial charge in [0.2, 0.25) is 5.95 Å². The highest BCUT2D eigenvalue weighted by atomic mass is 15.1. The average Bonchev–Trinajstić information content (AvgIpc) is 2.12. The average molecular weight is 195 g/mol. The Morgan fingerprint density at radius 2 is 1.93 bits per heavy atom. The fraction of sp³-hybridized carbons (Fsp3) is 0.556. The number of anilines is 3. The van der Waals surface area contributed by atoms with Crippen molar-refractivity contribution in [1.82, 2.24) is 9.97 Å². The van der Waals surface area contributed by atoms with E-state index >= 15 is 0 Å². The summed E-state index contributed by atoms with van der Waals surface area (Å²) in [7, 11) is 0. The molecule has 78 valence electrons. The minimum Gasteiger partial charge on any atom is -0.383 e. The van der Waals surface area contributed by atoms with Gasteiger partial charge in [-0.25, -0.2) is 0 Å². The Balaban J connectivity index is 2.75. The van der Waals surface area contributed by atoms with Crippen LogP contribution in [0.5, 0.6) is 0 Å². The van der Waals surface area contributed by atoms with Crippen LogP contribution < -0.4 is 16.8 Å². The van der Waals surface area contributed by atoms with Crippen molar-refractivity contribution in [3.05, 3.63) is 6.07 Å². The van der Waals surface area contributed by atoms with Crippen molar-refractivity contribution < 1.29 is 0 Å². The zero-order valence-electron chi connectivity index (χ0n) is 8.62. The van der Waals surface area contributed by atoms with E-state index in [9.17, 15) is 0 Å². The van der Waals surface area contributed by atoms with Crippen LogP contribution in [0.4, 0.5) is 17.6 Å². The summed E-state index contributed by atoms with van der Waals surface area (Å²) in [6.07, 6.45) is 2.08. The zero-order chi connectivity index (χ0) is 10.6. The number of hydrogen-bond donors (Lipinski definition) is 3. The number of aromatic nitrogens is 2. The second kappa shape index (κ2) is 4.64. The van der Waals surface area contributed by atoms with Crippen molar-refractivity contribution in [3.63, 3.8) is 0 Å². The molecule has 0 aliphatic carbocycles. The molecule has 0 saturated carbocycles. The Bertz CT molecular complexity index is 275. The van der Waals surface area contributed by atoms with Gasteiger partial charge in [0, 0.05) is 12.1 Å². The Morgan fingerprint density at radius 1 is 1.29 bits per heavy atom. The molecular formula is C9H17N5. The Morgan fingerprint density at radius 3 is 2.43 bits per heavy atom. The van der Waals surface area contributed by atoms with Crippen LogP contribution in [-0.4, -0.2) is 16.0 Å². The van der Waals surface area contributed by atoms with E-state index in [2.05, 4.69) is 29.1 Å². The number of nitrogens with two attached hydrogens (primary N) is 2. The number of nitrogens with zero attached hydrogens (tertiary/aromatic N) is 2. The third-order valence-electron chi connectivity index (χ3n) is 2.10. The van der Waals surface area contributed by atoms with E-state index in [1.807, 2.05) is 0 Å². The van der Waals surface area contributed by atoms with Crippen LogP contribution in [0.1, 0.15) is 26.7 Å². The molecule has 1 rings (SSSR count). The Kier molecular flexibility index (Phi) is 3.50. The van der Waals surface area contributed by atoms with Gasteiger partial charge in [-0.1, -0.05) is 13.8 Å². The summed E-state index contributed by atoms with van der Waals surface area (Å²) in [5.74, 6) is 1.30. The van der Waals surface area contributed by atoms with E-state index in [1.165, 1.54) is 0 Å². The van der Waals surface area contributed by atoms with Crippen LogP contribution in [-0.2, 0) is 0 Å². The van der Waals surface area contributed by atoms with Crippen LogP contribution in [0.3, 0.4) is 0 Å². The van der Waals surface area contributed by atoms with Gasteiger partial charge in [-0.2, -0.15) is 9.97 Å². The minimum atomic E-state index is 0.207. The number of nitrogens with one attached hydrogen (secondary N) is 1. The highest BCUT2D eigenvalue weighted by Crippen LogP contribution is 2.12. The van der Waals surface area contributed by atoms with Crippen molar-refractivity contribution in [2.24, 2.45) is 0 Å². The maximum Gasteiger partial charge on any atom is 0.223 e. The summed E-state index contributed by atoms with van der Waals surface area (Å²) in [5, 5.41) is 3.25. The van der Waals surface area contributed by atoms with E-state index in [1.54, 1.807) is 6.07 Å². The molecule has 5 N–H and O–H groups in total. The maximum absolute atomic E-state index is 5.55. The van der Waals surface area contributed by atoms with E-state index < -0.39 is 0 Å². The first-order chi connectivity index (χ1) is 6.65. The molecular weight excluding hydrogens is 178 g/mol. The normalized spacial score (nSPS) is 10.5. The molecule has 5 heteroatoms. The van der Waals surface area contributed by atoms with Crippen LogP contribution in [0.2, 0.25) is 0 Å². The van der Waals surface area contributed by atoms with E-state index in [0.29, 0.717) is 17.7 Å². The predicted octanol–water partition coefficient (Wildman–Crippen LogP) is 1.24. The molecule has 1 aromatic rings. The molecule has 0 aromatic carbocycles. The Hall–Kier alpha value is -1.52. The molecule has 0 atom stereocenters. The number of rotatable bonds is 4. The summed E-state index contributed by atoms with van der Waals surface area (Å²) in [6.45, 7) is 4.24. The highest BCUT2D eigenvalue weighted by molar-refractivity contribution is 5.48. The van der Waals surface area contributed by atoms with Gasteiger partial charge >= 0.3 is 0 Å². The summed E-state index contributed by atoms with van der Waals surface area (Å²) in [6, 6.07) is 2.10. The zero-order valence-corrected chi connectivity index (χ0v) is 8.62. The van der Waals surface area contributed by atoms with Gasteiger partial charge in [0.1, 0.15) is 11.6 Å². The molecule has 1 heterocycles. The molecule has 0 unspecified atom stereocenters. The largest absolute Gasteiger partial charge is 0.383 e. The van der Waals surface area contributed by atoms with Gasteiger partial charge in [-0.3, -0.25) is 0 Å². The quantitative estimate of drug-likeness (QED) is 0.672. The van der Waals surface area contributed by atoms with Gasteiger partial charge in [-0.05, 0) is 12.8 Å². The molecule has 0 radical (unpaired) electrons. The molecule has 5 nitrogen and oxygen atoms in total. The van der Waals surface area contributed by atoms with Gasteiger partial charge in [0.25, 0.3) is 0 Å². The lowest BCUT2D eigenvalue weighted by Gasteiger charge is -2.15. The molecule has 1 aromatic heterocycles. The standard InChI is InChI=1S/C9H17N5/c1-3-6(4-2)12-8-5-7(10)13-9(11)14-8/h5-6H,3-4H2,1-2H3,(H5,10,11,12,13,14). The van der Waals surface area contributed by atoms with Crippen molar-refractivity contribution in [3.8, 4) is 0 Å². The third kappa shape index (κ3) is 2.76. The van der Waals surface area contributed by atoms with Crippen LogP contribution in [0.25, 0.3) is 0 Å². The van der Waals surface area contributed by atoms with Gasteiger partial charge in [0.15, 0.2) is 0 Å². The summed E-state index contributed by atoms with van der Waals surface area (Å²) in [5.41, 5.74) is 11.0. The lowest BCUT2D eigenvalue weighted by molar-refractivity contribution is 0.668. The first kappa shape index (κ1) is 10.6. The van der Waals surface area contributed by atoms with Gasteiger partial charge in [-0.15, -0.1) is 0 Å². The third-order valence-corrected chi connectivity index (χ3v) is 2.10. The molecule has 14 heavy (non-hydrogen) atoms. The van der Waals surface area contributed by atoms with Gasteiger partial charge < -0.3 is 16.8 Å². The molecule has 0 bridgehead atoms. The lowest BCUT2D eigenvalue weighted by atomic mass is 10.2. The molecule has 0 saturated heterocycles. The van der Waals surface area contributed by atoms with Crippen LogP contribution >= 0.6 is 0 Å². The van der Waals surface area contributed by atoms with Crippen LogP contribution in [0, 0.1) is 0 Å². The van der Waals surface area contributed by atoms with E-state index in [0.717, 1.165) is 12.8 Å². The predicted molar refractivity (Wildman–Crippen MR) is 58.8 cm³/mol. The summed E-state index contributed by atoms with van der Waals surface area (Å²) >= 11 is 0. The SMILES string of the molecule is CCC(CC)Nc1cc(N)nc(N)n1. The van der Waals surface area contributed by atoms with Crippen molar-refractivity contribution in [2.45, 2.75) is 32.7 Å². The first-order valence-corrected chi connectivity index (χ1v) is 4.82. The second-order valence-electron chi connectivity index (χ2n) is 3.19. The number of nitrogen functional groups attached to an aromatic ring is 2. The fourth-order valence-electron chi connectivity index (χ4n) is 1.26. The number of hydrogen-bond acceptors (Lipinski definition) is 5. The first-order valence-electron chi connectivity index (χ1n) is 4.82. The molecule has 0 fully saturated rings. The molecule has 0 spiro atoms. The Labute approximate surface area is 83.9 Å². The monoisotopic (exact) mass is 195 g/mol. The molecule has 0 amide bonds. The maximum atomic E-state index is 5.55. The van der Waals surface area contributed by atoms with Crippen LogP contribution in [0.15, 0.2) is 6.07 Å².